The number of unbranched alkanes of at least 4 members (excludes halogenated alkanes) is 16. The van der Waals surface area contributed by atoms with Crippen LogP contribution in [0.5, 0.6) is 0 Å². The molecular weight excluding hydrogens is 350 g/mol. The van der Waals surface area contributed by atoms with Crippen LogP contribution >= 0.6 is 0 Å². The zero-order chi connectivity index (χ0) is 21.4. The summed E-state index contributed by atoms with van der Waals surface area (Å²) in [5, 5.41) is 0. The molecule has 1 nitrogen and oxygen atoms in total. The second kappa shape index (κ2) is 24.2. The lowest BCUT2D eigenvalue weighted by atomic mass is 10.1. The van der Waals surface area contributed by atoms with Gasteiger partial charge in [0.15, 0.2) is 0 Å². The highest BCUT2D eigenvalue weighted by Gasteiger charge is 2.06. The van der Waals surface area contributed by atoms with Gasteiger partial charge < -0.3 is 4.90 Å². The molecule has 0 heterocycles. The molecule has 0 fully saturated rings. The van der Waals surface area contributed by atoms with Crippen LogP contribution in [0.2, 0.25) is 0 Å². The largest absolute Gasteiger partial charge is 0.303 e. The van der Waals surface area contributed by atoms with E-state index in [0.717, 1.165) is 5.92 Å². The van der Waals surface area contributed by atoms with Crippen LogP contribution in [0.25, 0.3) is 0 Å². The third-order valence-corrected chi connectivity index (χ3v) is 6.41. The number of nitrogens with zero attached hydrogens (tertiary/aromatic N) is 1. The Bertz CT molecular complexity index is 264. The molecule has 0 radical (unpaired) electrons. The molecule has 0 bridgehead atoms. The quantitative estimate of drug-likeness (QED) is 0.143. The van der Waals surface area contributed by atoms with Gasteiger partial charge in [-0.25, -0.2) is 0 Å². The first-order valence-electron chi connectivity index (χ1n) is 13.9. The van der Waals surface area contributed by atoms with E-state index in [4.69, 9.17) is 0 Å². The molecule has 0 aromatic carbocycles. The molecule has 0 aromatic rings. The molecule has 0 rings (SSSR count). The van der Waals surface area contributed by atoms with E-state index in [1.807, 2.05) is 0 Å². The van der Waals surface area contributed by atoms with Crippen LogP contribution < -0.4 is 0 Å². The molecule has 176 valence electrons. The van der Waals surface area contributed by atoms with Gasteiger partial charge in [-0.1, -0.05) is 130 Å². The molecule has 0 aliphatic carbocycles. The molecule has 0 saturated carbocycles. The van der Waals surface area contributed by atoms with Gasteiger partial charge in [0.25, 0.3) is 0 Å². The SMILES string of the molecule is CCCCCCCCCCCN(CCCCCCCCCCC)CCCC(C)C. The van der Waals surface area contributed by atoms with Gasteiger partial charge in [-0.05, 0) is 51.2 Å². The Morgan fingerprint density at radius 3 is 1.07 bits per heavy atom. The van der Waals surface area contributed by atoms with Crippen molar-refractivity contribution in [1.82, 2.24) is 4.90 Å². The lowest BCUT2D eigenvalue weighted by Gasteiger charge is -2.23. The van der Waals surface area contributed by atoms with Gasteiger partial charge in [-0.2, -0.15) is 0 Å². The average Bonchev–Trinajstić information content (AvgIpc) is 2.70. The first kappa shape index (κ1) is 29.0. The summed E-state index contributed by atoms with van der Waals surface area (Å²) in [7, 11) is 0. The minimum absolute atomic E-state index is 0.859. The fraction of sp³-hybridized carbons (Fsp3) is 1.00. The van der Waals surface area contributed by atoms with E-state index in [2.05, 4.69) is 32.6 Å². The molecule has 1 heteroatoms. The van der Waals surface area contributed by atoms with Gasteiger partial charge >= 0.3 is 0 Å². The first-order chi connectivity index (χ1) is 14.2. The Morgan fingerprint density at radius 2 is 0.724 bits per heavy atom. The van der Waals surface area contributed by atoms with Gasteiger partial charge in [-0.3, -0.25) is 0 Å². The zero-order valence-electron chi connectivity index (χ0n) is 21.3. The van der Waals surface area contributed by atoms with Crippen molar-refractivity contribution in [3.63, 3.8) is 0 Å². The first-order valence-corrected chi connectivity index (χ1v) is 13.9. The van der Waals surface area contributed by atoms with Crippen LogP contribution in [0.3, 0.4) is 0 Å². The Labute approximate surface area is 186 Å². The summed E-state index contributed by atoms with van der Waals surface area (Å²) in [6.45, 7) is 13.4. The highest BCUT2D eigenvalue weighted by molar-refractivity contribution is 4.61. The molecule has 0 aliphatic heterocycles. The third kappa shape index (κ3) is 24.1. The lowest BCUT2D eigenvalue weighted by Crippen LogP contribution is -2.27. The molecule has 0 unspecified atom stereocenters. The van der Waals surface area contributed by atoms with Crippen molar-refractivity contribution in [3.05, 3.63) is 0 Å². The van der Waals surface area contributed by atoms with Gasteiger partial charge in [0.2, 0.25) is 0 Å². The lowest BCUT2D eigenvalue weighted by molar-refractivity contribution is 0.251. The summed E-state index contributed by atoms with van der Waals surface area (Å²) in [6, 6.07) is 0. The number of hydrogen-bond donors (Lipinski definition) is 0. The van der Waals surface area contributed by atoms with E-state index in [1.165, 1.54) is 148 Å². The van der Waals surface area contributed by atoms with Crippen molar-refractivity contribution in [1.29, 1.82) is 0 Å². The monoisotopic (exact) mass is 409 g/mol. The summed E-state index contributed by atoms with van der Waals surface area (Å²) < 4.78 is 0. The van der Waals surface area contributed by atoms with Crippen molar-refractivity contribution < 1.29 is 0 Å². The second-order valence-corrected chi connectivity index (χ2v) is 10.0. The molecule has 0 atom stereocenters. The van der Waals surface area contributed by atoms with Crippen molar-refractivity contribution in [2.45, 2.75) is 156 Å². The van der Waals surface area contributed by atoms with Crippen molar-refractivity contribution >= 4 is 0 Å². The second-order valence-electron chi connectivity index (χ2n) is 10.0. The van der Waals surface area contributed by atoms with Crippen molar-refractivity contribution in [2.75, 3.05) is 19.6 Å². The van der Waals surface area contributed by atoms with E-state index in [9.17, 15) is 0 Å². The summed E-state index contributed by atoms with van der Waals surface area (Å²) in [5.74, 6) is 0.859. The molecule has 29 heavy (non-hydrogen) atoms. The van der Waals surface area contributed by atoms with Gasteiger partial charge in [0.1, 0.15) is 0 Å². The Kier molecular flexibility index (Phi) is 24.2. The van der Waals surface area contributed by atoms with E-state index in [-0.39, 0.29) is 0 Å². The smallest absolute Gasteiger partial charge is 0.00186 e. The van der Waals surface area contributed by atoms with Crippen molar-refractivity contribution in [2.24, 2.45) is 5.92 Å². The highest BCUT2D eigenvalue weighted by Crippen LogP contribution is 2.13. The van der Waals surface area contributed by atoms with Crippen LogP contribution in [0.15, 0.2) is 0 Å². The van der Waals surface area contributed by atoms with Gasteiger partial charge in [0.05, 0.1) is 0 Å². The summed E-state index contributed by atoms with van der Waals surface area (Å²) in [5.41, 5.74) is 0. The minimum Gasteiger partial charge on any atom is -0.303 e. The van der Waals surface area contributed by atoms with Crippen LogP contribution in [0.1, 0.15) is 156 Å². The summed E-state index contributed by atoms with van der Waals surface area (Å²) in [4.78, 5) is 2.80. The van der Waals surface area contributed by atoms with Crippen LogP contribution in [0.4, 0.5) is 0 Å². The zero-order valence-corrected chi connectivity index (χ0v) is 21.3. The van der Waals surface area contributed by atoms with E-state index >= 15 is 0 Å². The maximum Gasteiger partial charge on any atom is -0.00186 e. The fourth-order valence-corrected chi connectivity index (χ4v) is 4.35. The molecule has 0 spiro atoms. The van der Waals surface area contributed by atoms with Gasteiger partial charge in [-0.15, -0.1) is 0 Å². The Morgan fingerprint density at radius 1 is 0.414 bits per heavy atom. The predicted molar refractivity (Wildman–Crippen MR) is 135 cm³/mol. The average molecular weight is 410 g/mol. The van der Waals surface area contributed by atoms with Crippen molar-refractivity contribution in [3.8, 4) is 0 Å². The van der Waals surface area contributed by atoms with Crippen LogP contribution in [-0.4, -0.2) is 24.5 Å². The normalized spacial score (nSPS) is 11.8. The Hall–Kier alpha value is -0.0400. The van der Waals surface area contributed by atoms with Gasteiger partial charge in [0, 0.05) is 0 Å². The molecule has 0 aliphatic rings. The highest BCUT2D eigenvalue weighted by atomic mass is 15.1. The molecular formula is C28H59N. The molecule has 0 amide bonds. The standard InChI is InChI=1S/C28H59N/c1-5-7-9-11-13-15-17-19-21-25-29(27-23-24-28(3)4)26-22-20-18-16-14-12-10-8-6-2/h28H,5-27H2,1-4H3. The summed E-state index contributed by atoms with van der Waals surface area (Å²) >= 11 is 0. The minimum atomic E-state index is 0.859. The molecule has 0 saturated heterocycles. The fourth-order valence-electron chi connectivity index (χ4n) is 4.35. The van der Waals surface area contributed by atoms with E-state index in [0.29, 0.717) is 0 Å². The van der Waals surface area contributed by atoms with E-state index < -0.39 is 0 Å². The maximum atomic E-state index is 2.80. The molecule has 0 N–H and O–H groups in total. The number of hydrogen-bond acceptors (Lipinski definition) is 1. The number of rotatable bonds is 24. The third-order valence-electron chi connectivity index (χ3n) is 6.41. The maximum absolute atomic E-state index is 2.80. The van der Waals surface area contributed by atoms with E-state index in [1.54, 1.807) is 0 Å². The Balaban J connectivity index is 3.72. The predicted octanol–water partition coefficient (Wildman–Crippen LogP) is 9.79. The van der Waals surface area contributed by atoms with Crippen LogP contribution in [0, 0.1) is 5.92 Å². The summed E-state index contributed by atoms with van der Waals surface area (Å²) in [6.07, 6.45) is 28.8. The molecule has 0 aromatic heterocycles. The van der Waals surface area contributed by atoms with Crippen LogP contribution in [-0.2, 0) is 0 Å². The topological polar surface area (TPSA) is 3.24 Å².